The molecule has 0 bridgehead atoms. The van der Waals surface area contributed by atoms with Gasteiger partial charge in [0.15, 0.2) is 6.39 Å². The third-order valence-corrected chi connectivity index (χ3v) is 3.80. The van der Waals surface area contributed by atoms with E-state index in [1.54, 1.807) is 17.6 Å². The van der Waals surface area contributed by atoms with E-state index in [0.29, 0.717) is 11.8 Å². The summed E-state index contributed by atoms with van der Waals surface area (Å²) in [7, 11) is 0. The van der Waals surface area contributed by atoms with Gasteiger partial charge in [0.2, 0.25) is 0 Å². The molecule has 16 heavy (non-hydrogen) atoms. The van der Waals surface area contributed by atoms with E-state index < -0.39 is 0 Å². The van der Waals surface area contributed by atoms with Crippen LogP contribution in [0, 0.1) is 0 Å². The van der Waals surface area contributed by atoms with Gasteiger partial charge in [-0.05, 0) is 41.1 Å². The molecule has 2 unspecified atom stereocenters. The van der Waals surface area contributed by atoms with Gasteiger partial charge in [-0.1, -0.05) is 13.8 Å². The summed E-state index contributed by atoms with van der Waals surface area (Å²) < 4.78 is 5.01. The Kier molecular flexibility index (Phi) is 3.78. The minimum atomic E-state index is 0.486. The van der Waals surface area contributed by atoms with Gasteiger partial charge < -0.3 is 4.42 Å². The van der Waals surface area contributed by atoms with E-state index in [4.69, 9.17) is 4.42 Å². The number of hydrogen-bond acceptors (Lipinski definition) is 3. The summed E-state index contributed by atoms with van der Waals surface area (Å²) in [5, 5.41) is 4.39. The zero-order chi connectivity index (χ0) is 11.4. The predicted octanol–water partition coefficient (Wildman–Crippen LogP) is 4.42. The van der Waals surface area contributed by atoms with Crippen LogP contribution in [0.3, 0.4) is 0 Å². The van der Waals surface area contributed by atoms with Crippen LogP contribution in [0.25, 0.3) is 0 Å². The number of nitrogens with zero attached hydrogens (tertiary/aromatic N) is 1. The second-order valence-electron chi connectivity index (χ2n) is 4.35. The fourth-order valence-electron chi connectivity index (χ4n) is 1.84. The highest BCUT2D eigenvalue weighted by atomic mass is 32.1. The molecule has 0 radical (unpaired) electrons. The molecule has 0 aliphatic rings. The molecule has 0 aliphatic heterocycles. The van der Waals surface area contributed by atoms with Gasteiger partial charge in [-0.15, -0.1) is 0 Å². The monoisotopic (exact) mass is 235 g/mol. The molecule has 0 aromatic carbocycles. The number of thiophene rings is 1. The van der Waals surface area contributed by atoms with Gasteiger partial charge in [-0.25, -0.2) is 4.98 Å². The minimum Gasteiger partial charge on any atom is -0.451 e. The second-order valence-corrected chi connectivity index (χ2v) is 5.13. The van der Waals surface area contributed by atoms with Crippen molar-refractivity contribution in [1.29, 1.82) is 0 Å². The van der Waals surface area contributed by atoms with E-state index in [9.17, 15) is 0 Å². The van der Waals surface area contributed by atoms with Gasteiger partial charge in [-0.3, -0.25) is 0 Å². The first-order valence-electron chi connectivity index (χ1n) is 5.67. The van der Waals surface area contributed by atoms with Gasteiger partial charge in [0.1, 0.15) is 6.26 Å². The summed E-state index contributed by atoms with van der Waals surface area (Å²) in [5.41, 5.74) is 2.52. The van der Waals surface area contributed by atoms with E-state index in [1.807, 2.05) is 0 Å². The van der Waals surface area contributed by atoms with Crippen molar-refractivity contribution in [3.63, 3.8) is 0 Å². The highest BCUT2D eigenvalue weighted by Gasteiger charge is 2.12. The summed E-state index contributed by atoms with van der Waals surface area (Å²) in [4.78, 5) is 4.19. The molecule has 0 spiro atoms. The van der Waals surface area contributed by atoms with Crippen LogP contribution in [0.2, 0.25) is 0 Å². The zero-order valence-electron chi connectivity index (χ0n) is 9.72. The molecule has 0 saturated carbocycles. The SMILES string of the molecule is CC(CCC(C)c1cocn1)c1ccsc1. The Labute approximate surface area is 100 Å². The van der Waals surface area contributed by atoms with Gasteiger partial charge in [-0.2, -0.15) is 11.3 Å². The minimum absolute atomic E-state index is 0.486. The van der Waals surface area contributed by atoms with Crippen LogP contribution in [0.4, 0.5) is 0 Å². The molecule has 2 aromatic rings. The molecule has 0 saturated heterocycles. The second kappa shape index (κ2) is 5.30. The Hall–Kier alpha value is -1.09. The van der Waals surface area contributed by atoms with Gasteiger partial charge in [0, 0.05) is 5.92 Å². The van der Waals surface area contributed by atoms with Crippen LogP contribution in [0.15, 0.2) is 33.9 Å². The predicted molar refractivity (Wildman–Crippen MR) is 66.9 cm³/mol. The first kappa shape index (κ1) is 11.4. The molecule has 0 aliphatic carbocycles. The summed E-state index contributed by atoms with van der Waals surface area (Å²) in [5.74, 6) is 1.13. The number of oxazole rings is 1. The molecule has 2 rings (SSSR count). The lowest BCUT2D eigenvalue weighted by atomic mass is 9.93. The lowest BCUT2D eigenvalue weighted by Crippen LogP contribution is -1.98. The smallest absolute Gasteiger partial charge is 0.180 e. The molecule has 2 aromatic heterocycles. The van der Waals surface area contributed by atoms with Gasteiger partial charge >= 0.3 is 0 Å². The quantitative estimate of drug-likeness (QED) is 0.766. The Bertz CT molecular complexity index is 353. The molecule has 2 nitrogen and oxygen atoms in total. The Morgan fingerprint density at radius 1 is 1.31 bits per heavy atom. The molecular formula is C13H17NOS. The molecule has 2 atom stereocenters. The van der Waals surface area contributed by atoms with Crippen LogP contribution < -0.4 is 0 Å². The van der Waals surface area contributed by atoms with E-state index in [1.165, 1.54) is 18.4 Å². The molecule has 2 heterocycles. The van der Waals surface area contributed by atoms with Crippen LogP contribution in [-0.4, -0.2) is 4.98 Å². The fraction of sp³-hybridized carbons (Fsp3) is 0.462. The topological polar surface area (TPSA) is 26.0 Å². The van der Waals surface area contributed by atoms with E-state index in [-0.39, 0.29) is 0 Å². The molecule has 86 valence electrons. The summed E-state index contributed by atoms with van der Waals surface area (Å²) >= 11 is 1.77. The molecule has 0 fully saturated rings. The van der Waals surface area contributed by atoms with Crippen molar-refractivity contribution in [2.45, 2.75) is 38.5 Å². The fourth-order valence-corrected chi connectivity index (χ4v) is 2.62. The van der Waals surface area contributed by atoms with Crippen molar-refractivity contribution in [3.05, 3.63) is 40.7 Å². The van der Waals surface area contributed by atoms with Crippen molar-refractivity contribution >= 4 is 11.3 Å². The Morgan fingerprint density at radius 3 is 2.75 bits per heavy atom. The van der Waals surface area contributed by atoms with Crippen molar-refractivity contribution in [2.75, 3.05) is 0 Å². The first-order chi connectivity index (χ1) is 7.77. The van der Waals surface area contributed by atoms with Crippen LogP contribution >= 0.6 is 11.3 Å². The summed E-state index contributed by atoms with van der Waals surface area (Å²) in [6.07, 6.45) is 5.61. The van der Waals surface area contributed by atoms with Crippen molar-refractivity contribution in [3.8, 4) is 0 Å². The van der Waals surface area contributed by atoms with Gasteiger partial charge in [0.05, 0.1) is 5.69 Å². The van der Waals surface area contributed by atoms with Gasteiger partial charge in [0.25, 0.3) is 0 Å². The maximum atomic E-state index is 5.01. The van der Waals surface area contributed by atoms with E-state index >= 15 is 0 Å². The average Bonchev–Trinajstić information content (AvgIpc) is 2.95. The highest BCUT2D eigenvalue weighted by molar-refractivity contribution is 7.07. The average molecular weight is 235 g/mol. The molecule has 0 amide bonds. The largest absolute Gasteiger partial charge is 0.451 e. The number of hydrogen-bond donors (Lipinski definition) is 0. The van der Waals surface area contributed by atoms with Crippen molar-refractivity contribution in [2.24, 2.45) is 0 Å². The lowest BCUT2D eigenvalue weighted by Gasteiger charge is -2.12. The molecule has 3 heteroatoms. The maximum Gasteiger partial charge on any atom is 0.180 e. The molecular weight excluding hydrogens is 218 g/mol. The first-order valence-corrected chi connectivity index (χ1v) is 6.62. The Balaban J connectivity index is 1.84. The summed E-state index contributed by atoms with van der Waals surface area (Å²) in [6.45, 7) is 4.50. The number of aromatic nitrogens is 1. The standard InChI is InChI=1S/C13H17NOS/c1-10(12-5-6-16-8-12)3-4-11(2)13-7-15-9-14-13/h5-11H,3-4H2,1-2H3. The third kappa shape index (κ3) is 2.73. The van der Waals surface area contributed by atoms with Crippen molar-refractivity contribution < 1.29 is 4.42 Å². The van der Waals surface area contributed by atoms with E-state index in [2.05, 4.69) is 35.7 Å². The van der Waals surface area contributed by atoms with Crippen LogP contribution in [0.5, 0.6) is 0 Å². The van der Waals surface area contributed by atoms with E-state index in [0.717, 1.165) is 12.1 Å². The normalized spacial score (nSPS) is 14.9. The highest BCUT2D eigenvalue weighted by Crippen LogP contribution is 2.27. The van der Waals surface area contributed by atoms with Crippen molar-refractivity contribution in [1.82, 2.24) is 4.98 Å². The number of rotatable bonds is 5. The zero-order valence-corrected chi connectivity index (χ0v) is 10.5. The third-order valence-electron chi connectivity index (χ3n) is 3.10. The summed E-state index contributed by atoms with van der Waals surface area (Å²) in [6, 6.07) is 2.22. The molecule has 0 N–H and O–H groups in total. The lowest BCUT2D eigenvalue weighted by molar-refractivity contribution is 0.543. The van der Waals surface area contributed by atoms with Crippen LogP contribution in [0.1, 0.15) is 49.8 Å². The Morgan fingerprint density at radius 2 is 2.12 bits per heavy atom. The van der Waals surface area contributed by atoms with Crippen LogP contribution in [-0.2, 0) is 0 Å². The maximum absolute atomic E-state index is 5.01.